The number of hydrogen-bond donors (Lipinski definition) is 2. The Balaban J connectivity index is 2.27. The summed E-state index contributed by atoms with van der Waals surface area (Å²) in [5.74, 6) is -0.185. The summed E-state index contributed by atoms with van der Waals surface area (Å²) in [6.45, 7) is 5.72. The first kappa shape index (κ1) is 12.6. The molecule has 0 atom stereocenters. The lowest BCUT2D eigenvalue weighted by atomic mass is 10.1. The molecule has 0 bridgehead atoms. The molecular formula is C13H15N3OS. The topological polar surface area (TPSA) is 68.0 Å². The molecule has 0 radical (unpaired) electrons. The van der Waals surface area contributed by atoms with Crippen LogP contribution in [0.25, 0.3) is 0 Å². The van der Waals surface area contributed by atoms with Crippen LogP contribution in [0.5, 0.6) is 0 Å². The van der Waals surface area contributed by atoms with Crippen molar-refractivity contribution in [2.45, 2.75) is 20.8 Å². The molecule has 0 unspecified atom stereocenters. The SMILES string of the molecule is Cc1nc(C(=O)Nc2c(C)cc(N)cc2C)cs1. The van der Waals surface area contributed by atoms with E-state index in [2.05, 4.69) is 10.3 Å². The lowest BCUT2D eigenvalue weighted by Gasteiger charge is -2.11. The number of benzene rings is 1. The van der Waals surface area contributed by atoms with Gasteiger partial charge in [-0.3, -0.25) is 4.79 Å². The zero-order valence-corrected chi connectivity index (χ0v) is 11.4. The summed E-state index contributed by atoms with van der Waals surface area (Å²) in [5, 5.41) is 5.52. The van der Waals surface area contributed by atoms with Crippen molar-refractivity contribution >= 4 is 28.6 Å². The maximum Gasteiger partial charge on any atom is 0.275 e. The maximum absolute atomic E-state index is 12.0. The highest BCUT2D eigenvalue weighted by Crippen LogP contribution is 2.24. The largest absolute Gasteiger partial charge is 0.399 e. The predicted octanol–water partition coefficient (Wildman–Crippen LogP) is 2.90. The number of anilines is 2. The molecule has 18 heavy (non-hydrogen) atoms. The number of carbonyl (C=O) groups is 1. The lowest BCUT2D eigenvalue weighted by molar-refractivity contribution is 0.102. The molecule has 0 saturated heterocycles. The molecule has 2 rings (SSSR count). The van der Waals surface area contributed by atoms with E-state index in [0.29, 0.717) is 11.4 Å². The van der Waals surface area contributed by atoms with E-state index in [4.69, 9.17) is 5.73 Å². The molecule has 1 amide bonds. The van der Waals surface area contributed by atoms with Crippen molar-refractivity contribution in [1.29, 1.82) is 0 Å². The van der Waals surface area contributed by atoms with Crippen LogP contribution in [0.4, 0.5) is 11.4 Å². The van der Waals surface area contributed by atoms with Gasteiger partial charge in [0.15, 0.2) is 0 Å². The molecule has 1 aromatic heterocycles. The summed E-state index contributed by atoms with van der Waals surface area (Å²) >= 11 is 1.46. The molecule has 0 aliphatic heterocycles. The monoisotopic (exact) mass is 261 g/mol. The zero-order chi connectivity index (χ0) is 13.3. The first-order valence-corrected chi connectivity index (χ1v) is 6.45. The maximum atomic E-state index is 12.0. The van der Waals surface area contributed by atoms with Crippen molar-refractivity contribution in [1.82, 2.24) is 4.98 Å². The first-order chi connectivity index (χ1) is 8.47. The van der Waals surface area contributed by atoms with E-state index in [-0.39, 0.29) is 5.91 Å². The van der Waals surface area contributed by atoms with Gasteiger partial charge >= 0.3 is 0 Å². The lowest BCUT2D eigenvalue weighted by Crippen LogP contribution is -2.14. The Labute approximate surface area is 110 Å². The standard InChI is InChI=1S/C13H15N3OS/c1-7-4-10(14)5-8(2)12(7)16-13(17)11-6-18-9(3)15-11/h4-6H,14H2,1-3H3,(H,16,17). The average molecular weight is 261 g/mol. The van der Waals surface area contributed by atoms with Gasteiger partial charge in [-0.05, 0) is 44.0 Å². The van der Waals surface area contributed by atoms with E-state index in [9.17, 15) is 4.79 Å². The number of amides is 1. The second-order valence-electron chi connectivity index (χ2n) is 4.24. The molecule has 0 saturated carbocycles. The molecule has 1 aromatic carbocycles. The molecule has 94 valence electrons. The van der Waals surface area contributed by atoms with Crippen LogP contribution in [0, 0.1) is 20.8 Å². The van der Waals surface area contributed by atoms with Gasteiger partial charge in [-0.25, -0.2) is 4.98 Å². The number of nitrogens with zero attached hydrogens (tertiary/aromatic N) is 1. The fraction of sp³-hybridized carbons (Fsp3) is 0.231. The highest BCUT2D eigenvalue weighted by molar-refractivity contribution is 7.09. The summed E-state index contributed by atoms with van der Waals surface area (Å²) in [6, 6.07) is 3.68. The molecule has 0 aliphatic rings. The molecule has 4 nitrogen and oxygen atoms in total. The minimum Gasteiger partial charge on any atom is -0.399 e. The van der Waals surface area contributed by atoms with Crippen LogP contribution in [0.2, 0.25) is 0 Å². The molecule has 5 heteroatoms. The summed E-state index contributed by atoms with van der Waals surface area (Å²) in [6.07, 6.45) is 0. The number of carbonyl (C=O) groups excluding carboxylic acids is 1. The number of hydrogen-bond acceptors (Lipinski definition) is 4. The fourth-order valence-electron chi connectivity index (χ4n) is 1.84. The second kappa shape index (κ2) is 4.78. The minimum absolute atomic E-state index is 0.185. The third-order valence-electron chi connectivity index (χ3n) is 2.65. The van der Waals surface area contributed by atoms with E-state index in [1.54, 1.807) is 5.38 Å². The first-order valence-electron chi connectivity index (χ1n) is 5.57. The third-order valence-corrected chi connectivity index (χ3v) is 3.42. The third kappa shape index (κ3) is 2.51. The Hall–Kier alpha value is -1.88. The van der Waals surface area contributed by atoms with Crippen LogP contribution in [0.1, 0.15) is 26.6 Å². The van der Waals surface area contributed by atoms with Gasteiger partial charge in [0, 0.05) is 16.8 Å². The van der Waals surface area contributed by atoms with E-state index >= 15 is 0 Å². The van der Waals surface area contributed by atoms with Crippen LogP contribution >= 0.6 is 11.3 Å². The number of aryl methyl sites for hydroxylation is 3. The van der Waals surface area contributed by atoms with Crippen LogP contribution in [0.3, 0.4) is 0 Å². The smallest absolute Gasteiger partial charge is 0.275 e. The van der Waals surface area contributed by atoms with E-state index in [1.807, 2.05) is 32.9 Å². The molecular weight excluding hydrogens is 246 g/mol. The molecule has 0 aliphatic carbocycles. The molecule has 2 aromatic rings. The van der Waals surface area contributed by atoms with Crippen LogP contribution < -0.4 is 11.1 Å². The van der Waals surface area contributed by atoms with Gasteiger partial charge < -0.3 is 11.1 Å². The van der Waals surface area contributed by atoms with Crippen molar-refractivity contribution in [2.75, 3.05) is 11.1 Å². The summed E-state index contributed by atoms with van der Waals surface area (Å²) in [4.78, 5) is 16.2. The number of aromatic nitrogens is 1. The van der Waals surface area contributed by atoms with Gasteiger partial charge in [-0.15, -0.1) is 11.3 Å². The number of nitrogen functional groups attached to an aromatic ring is 1. The van der Waals surface area contributed by atoms with E-state index in [0.717, 1.165) is 21.8 Å². The molecule has 3 N–H and O–H groups in total. The Bertz CT molecular complexity index is 581. The zero-order valence-electron chi connectivity index (χ0n) is 10.6. The Morgan fingerprint density at radius 3 is 2.39 bits per heavy atom. The van der Waals surface area contributed by atoms with Crippen molar-refractivity contribution < 1.29 is 4.79 Å². The summed E-state index contributed by atoms with van der Waals surface area (Å²) < 4.78 is 0. The molecule has 0 spiro atoms. The van der Waals surface area contributed by atoms with Crippen molar-refractivity contribution in [3.8, 4) is 0 Å². The minimum atomic E-state index is -0.185. The van der Waals surface area contributed by atoms with Gasteiger partial charge in [0.25, 0.3) is 5.91 Å². The van der Waals surface area contributed by atoms with Crippen molar-refractivity contribution in [3.63, 3.8) is 0 Å². The Morgan fingerprint density at radius 1 is 1.28 bits per heavy atom. The van der Waals surface area contributed by atoms with Crippen LogP contribution in [0.15, 0.2) is 17.5 Å². The number of thiazole rings is 1. The fourth-order valence-corrected chi connectivity index (χ4v) is 2.43. The Kier molecular flexibility index (Phi) is 3.34. The quantitative estimate of drug-likeness (QED) is 0.817. The molecule has 1 heterocycles. The van der Waals surface area contributed by atoms with Crippen LogP contribution in [-0.4, -0.2) is 10.9 Å². The number of rotatable bonds is 2. The van der Waals surface area contributed by atoms with E-state index in [1.165, 1.54) is 11.3 Å². The average Bonchev–Trinajstić information content (AvgIpc) is 2.70. The highest BCUT2D eigenvalue weighted by Gasteiger charge is 2.12. The van der Waals surface area contributed by atoms with Gasteiger partial charge in [-0.1, -0.05) is 0 Å². The normalized spacial score (nSPS) is 10.4. The Morgan fingerprint density at radius 2 is 1.89 bits per heavy atom. The van der Waals surface area contributed by atoms with Crippen LogP contribution in [-0.2, 0) is 0 Å². The second-order valence-corrected chi connectivity index (χ2v) is 5.30. The van der Waals surface area contributed by atoms with Gasteiger partial charge in [-0.2, -0.15) is 0 Å². The summed E-state index contributed by atoms with van der Waals surface area (Å²) in [7, 11) is 0. The van der Waals surface area contributed by atoms with Gasteiger partial charge in [0.1, 0.15) is 5.69 Å². The number of nitrogens with one attached hydrogen (secondary N) is 1. The van der Waals surface area contributed by atoms with Crippen molar-refractivity contribution in [2.24, 2.45) is 0 Å². The van der Waals surface area contributed by atoms with Gasteiger partial charge in [0.2, 0.25) is 0 Å². The predicted molar refractivity (Wildman–Crippen MR) is 75.1 cm³/mol. The highest BCUT2D eigenvalue weighted by atomic mass is 32.1. The number of nitrogens with two attached hydrogens (primary N) is 1. The summed E-state index contributed by atoms with van der Waals surface area (Å²) in [5.41, 5.74) is 9.61. The van der Waals surface area contributed by atoms with E-state index < -0.39 is 0 Å². The van der Waals surface area contributed by atoms with Gasteiger partial charge in [0.05, 0.1) is 5.01 Å². The molecule has 0 fully saturated rings. The van der Waals surface area contributed by atoms with Crippen molar-refractivity contribution in [3.05, 3.63) is 39.3 Å².